The van der Waals surface area contributed by atoms with Crippen LogP contribution in [-0.2, 0) is 4.79 Å². The third-order valence-corrected chi connectivity index (χ3v) is 6.20. The van der Waals surface area contributed by atoms with Crippen LogP contribution in [0.25, 0.3) is 16.8 Å². The van der Waals surface area contributed by atoms with Crippen molar-refractivity contribution in [3.8, 4) is 40.8 Å². The van der Waals surface area contributed by atoms with Gasteiger partial charge in [-0.15, -0.1) is 6.42 Å². The number of methoxy groups -OCH3 is 1. The number of halogens is 1. The molecule has 0 unspecified atom stereocenters. The van der Waals surface area contributed by atoms with Crippen molar-refractivity contribution in [2.75, 3.05) is 13.7 Å². The van der Waals surface area contributed by atoms with Crippen LogP contribution in [0.5, 0.6) is 17.2 Å². The minimum absolute atomic E-state index is 0.0753. The number of nitrogens with zero attached hydrogens (tertiary/aromatic N) is 4. The number of terminal acetylenes is 1. The third kappa shape index (κ3) is 3.95. The number of aryl methyl sites for hydroxylation is 1. The summed E-state index contributed by atoms with van der Waals surface area (Å²) < 4.78 is 27.2. The molecule has 1 amide bonds. The number of benzene rings is 2. The van der Waals surface area contributed by atoms with Gasteiger partial charge in [-0.25, -0.2) is 4.98 Å². The number of rotatable bonds is 5. The number of carbonyl (C=O) groups excluding carboxylic acids is 1. The predicted molar refractivity (Wildman–Crippen MR) is 129 cm³/mol. The number of likely N-dealkylation sites (tertiary alicyclic amines) is 1. The van der Waals surface area contributed by atoms with Crippen molar-refractivity contribution >= 4 is 11.4 Å². The van der Waals surface area contributed by atoms with Crippen LogP contribution in [0.2, 0.25) is 0 Å². The van der Waals surface area contributed by atoms with Gasteiger partial charge in [0.15, 0.2) is 11.5 Å². The number of ether oxygens (including phenoxy) is 2. The van der Waals surface area contributed by atoms with Gasteiger partial charge in [0, 0.05) is 24.5 Å². The Morgan fingerprint density at radius 2 is 1.97 bits per heavy atom. The Bertz CT molecular complexity index is 1460. The van der Waals surface area contributed by atoms with Crippen molar-refractivity contribution < 1.29 is 18.7 Å². The molecule has 5 rings (SSSR count). The van der Waals surface area contributed by atoms with Gasteiger partial charge in [0.1, 0.15) is 11.6 Å². The molecule has 1 fully saturated rings. The van der Waals surface area contributed by atoms with Crippen LogP contribution >= 0.6 is 0 Å². The summed E-state index contributed by atoms with van der Waals surface area (Å²) in [7, 11) is 1.41. The molecular formula is C27H23FN4O3. The molecule has 0 radical (unpaired) electrons. The molecule has 1 aliphatic heterocycles. The number of amides is 1. The Hall–Kier alpha value is -4.38. The SMILES string of the molecule is C#CC(=O)N1CCC[C@H]1c1nc(-c2ccc(Oc3cccc(OC)c3F)cc2)c2c(C)nccn12. The van der Waals surface area contributed by atoms with Gasteiger partial charge in [-0.1, -0.05) is 6.07 Å². The Morgan fingerprint density at radius 1 is 1.20 bits per heavy atom. The van der Waals surface area contributed by atoms with E-state index in [-0.39, 0.29) is 23.4 Å². The number of hydrogen-bond acceptors (Lipinski definition) is 5. The van der Waals surface area contributed by atoms with E-state index in [1.54, 1.807) is 35.4 Å². The summed E-state index contributed by atoms with van der Waals surface area (Å²) in [4.78, 5) is 23.4. The highest BCUT2D eigenvalue weighted by Crippen LogP contribution is 2.37. The predicted octanol–water partition coefficient (Wildman–Crippen LogP) is 4.94. The van der Waals surface area contributed by atoms with Crippen LogP contribution in [0.1, 0.15) is 30.4 Å². The molecule has 0 bridgehead atoms. The average Bonchev–Trinajstić information content (AvgIpc) is 3.51. The smallest absolute Gasteiger partial charge is 0.298 e. The maximum Gasteiger partial charge on any atom is 0.298 e. The molecule has 2 aromatic heterocycles. The first-order chi connectivity index (χ1) is 17.0. The summed E-state index contributed by atoms with van der Waals surface area (Å²) in [5.41, 5.74) is 3.25. The van der Waals surface area contributed by atoms with E-state index in [9.17, 15) is 9.18 Å². The van der Waals surface area contributed by atoms with E-state index < -0.39 is 5.82 Å². The number of carbonyl (C=O) groups is 1. The van der Waals surface area contributed by atoms with E-state index in [0.717, 1.165) is 41.1 Å². The van der Waals surface area contributed by atoms with Crippen LogP contribution < -0.4 is 9.47 Å². The van der Waals surface area contributed by atoms with E-state index in [0.29, 0.717) is 12.3 Å². The van der Waals surface area contributed by atoms with Gasteiger partial charge in [0.25, 0.3) is 5.91 Å². The highest BCUT2D eigenvalue weighted by molar-refractivity contribution is 5.93. The summed E-state index contributed by atoms with van der Waals surface area (Å²) in [5, 5.41) is 0. The molecule has 3 heterocycles. The zero-order chi connectivity index (χ0) is 24.5. The Kier molecular flexibility index (Phi) is 5.83. The molecule has 1 aliphatic rings. The molecular weight excluding hydrogens is 447 g/mol. The minimum atomic E-state index is -0.562. The highest BCUT2D eigenvalue weighted by Gasteiger charge is 2.33. The van der Waals surface area contributed by atoms with Crippen LogP contribution in [0.4, 0.5) is 4.39 Å². The lowest BCUT2D eigenvalue weighted by molar-refractivity contribution is -0.126. The molecule has 0 aliphatic carbocycles. The van der Waals surface area contributed by atoms with E-state index in [1.165, 1.54) is 13.2 Å². The van der Waals surface area contributed by atoms with Gasteiger partial charge in [-0.05, 0) is 62.1 Å². The fourth-order valence-electron chi connectivity index (χ4n) is 4.55. The summed E-state index contributed by atoms with van der Waals surface area (Å²) >= 11 is 0. The largest absolute Gasteiger partial charge is 0.494 e. The third-order valence-electron chi connectivity index (χ3n) is 6.20. The van der Waals surface area contributed by atoms with Crippen molar-refractivity contribution in [3.63, 3.8) is 0 Å². The zero-order valence-corrected chi connectivity index (χ0v) is 19.4. The fourth-order valence-corrected chi connectivity index (χ4v) is 4.55. The second kappa shape index (κ2) is 9.11. The normalized spacial score (nSPS) is 15.3. The molecule has 0 N–H and O–H groups in total. The molecule has 2 aromatic carbocycles. The molecule has 35 heavy (non-hydrogen) atoms. The van der Waals surface area contributed by atoms with Gasteiger partial charge < -0.3 is 14.4 Å². The van der Waals surface area contributed by atoms with Gasteiger partial charge in [0.2, 0.25) is 5.82 Å². The van der Waals surface area contributed by atoms with Crippen molar-refractivity contribution in [2.45, 2.75) is 25.8 Å². The van der Waals surface area contributed by atoms with Crippen LogP contribution in [0.15, 0.2) is 54.9 Å². The molecule has 4 aromatic rings. The fraction of sp³-hybridized carbons (Fsp3) is 0.222. The first-order valence-corrected chi connectivity index (χ1v) is 11.2. The van der Waals surface area contributed by atoms with Gasteiger partial charge in [0.05, 0.1) is 30.1 Å². The highest BCUT2D eigenvalue weighted by atomic mass is 19.1. The van der Waals surface area contributed by atoms with Gasteiger partial charge >= 0.3 is 0 Å². The van der Waals surface area contributed by atoms with Crippen molar-refractivity contribution in [2.24, 2.45) is 0 Å². The Morgan fingerprint density at radius 3 is 2.71 bits per heavy atom. The molecule has 176 valence electrons. The minimum Gasteiger partial charge on any atom is -0.494 e. The number of fused-ring (bicyclic) bond motifs is 1. The molecule has 0 spiro atoms. The summed E-state index contributed by atoms with van der Waals surface area (Å²) in [6.45, 7) is 2.53. The lowest BCUT2D eigenvalue weighted by Gasteiger charge is -2.21. The molecule has 0 saturated carbocycles. The lowest BCUT2D eigenvalue weighted by Crippen LogP contribution is -2.30. The molecule has 7 nitrogen and oxygen atoms in total. The Balaban J connectivity index is 1.52. The molecule has 8 heteroatoms. The van der Waals surface area contributed by atoms with Crippen LogP contribution in [-0.4, -0.2) is 38.8 Å². The van der Waals surface area contributed by atoms with Crippen molar-refractivity contribution in [3.05, 3.63) is 72.2 Å². The van der Waals surface area contributed by atoms with Gasteiger partial charge in [-0.2, -0.15) is 4.39 Å². The summed E-state index contributed by atoms with van der Waals surface area (Å²) in [5.74, 6) is 2.75. The van der Waals surface area contributed by atoms with Crippen LogP contribution in [0, 0.1) is 25.1 Å². The first kappa shape index (κ1) is 22.4. The first-order valence-electron chi connectivity index (χ1n) is 11.2. The maximum absolute atomic E-state index is 14.5. The molecule has 1 saturated heterocycles. The number of aromatic nitrogens is 3. The van der Waals surface area contributed by atoms with E-state index in [1.807, 2.05) is 29.7 Å². The summed E-state index contributed by atoms with van der Waals surface area (Å²) in [6, 6.07) is 11.8. The summed E-state index contributed by atoms with van der Waals surface area (Å²) in [6.07, 6.45) is 10.6. The standard InChI is InChI=1S/C27H23FN4O3/c1-4-23(33)31-15-6-7-20(31)27-30-25(26-17(2)29-14-16-32(26)27)18-10-12-19(13-11-18)35-22-9-5-8-21(34-3)24(22)28/h1,5,8-14,16,20H,6-7,15H2,2-3H3/t20-/m0/s1. The number of hydrogen-bond donors (Lipinski definition) is 0. The quantitative estimate of drug-likeness (QED) is 0.387. The average molecular weight is 471 g/mol. The number of imidazole rings is 1. The maximum atomic E-state index is 14.5. The second-order valence-corrected chi connectivity index (χ2v) is 8.25. The Labute approximate surface area is 202 Å². The van der Waals surface area contributed by atoms with E-state index in [4.69, 9.17) is 20.9 Å². The molecule has 1 atom stereocenters. The second-order valence-electron chi connectivity index (χ2n) is 8.25. The lowest BCUT2D eigenvalue weighted by atomic mass is 10.1. The van der Waals surface area contributed by atoms with Crippen LogP contribution in [0.3, 0.4) is 0 Å². The van der Waals surface area contributed by atoms with Crippen molar-refractivity contribution in [1.29, 1.82) is 0 Å². The monoisotopic (exact) mass is 470 g/mol. The van der Waals surface area contributed by atoms with E-state index in [2.05, 4.69) is 10.9 Å². The zero-order valence-electron chi connectivity index (χ0n) is 19.4. The van der Waals surface area contributed by atoms with E-state index >= 15 is 0 Å². The van der Waals surface area contributed by atoms with Gasteiger partial charge in [-0.3, -0.25) is 14.2 Å². The van der Waals surface area contributed by atoms with Crippen molar-refractivity contribution in [1.82, 2.24) is 19.3 Å². The topological polar surface area (TPSA) is 69.0 Å².